The van der Waals surface area contributed by atoms with Gasteiger partial charge in [0.15, 0.2) is 0 Å². The summed E-state index contributed by atoms with van der Waals surface area (Å²) in [5.41, 5.74) is 0.483. The number of hydrogen-bond donors (Lipinski definition) is 0. The zero-order chi connectivity index (χ0) is 12.2. The fourth-order valence-corrected chi connectivity index (χ4v) is 3.91. The van der Waals surface area contributed by atoms with E-state index in [0.29, 0.717) is 0 Å². The molecule has 0 aromatic carbocycles. The monoisotopic (exact) mass is 238 g/mol. The minimum atomic E-state index is 0.242. The Morgan fingerprint density at radius 1 is 0.647 bits per heavy atom. The summed E-state index contributed by atoms with van der Waals surface area (Å²) in [5.74, 6) is 0. The summed E-state index contributed by atoms with van der Waals surface area (Å²) in [4.78, 5) is 0. The van der Waals surface area contributed by atoms with E-state index in [1.165, 1.54) is 77.0 Å². The third-order valence-electron chi connectivity index (χ3n) is 5.25. The number of hydrogen-bond acceptors (Lipinski definition) is 1. The van der Waals surface area contributed by atoms with Crippen LogP contribution < -0.4 is 0 Å². The molecule has 0 aliphatic heterocycles. The summed E-state index contributed by atoms with van der Waals surface area (Å²) in [5, 5.41) is 0. The van der Waals surface area contributed by atoms with E-state index in [2.05, 4.69) is 13.8 Å². The van der Waals surface area contributed by atoms with Crippen molar-refractivity contribution in [3.8, 4) is 0 Å². The molecule has 0 aromatic heterocycles. The molecule has 100 valence electrons. The quantitative estimate of drug-likeness (QED) is 0.651. The van der Waals surface area contributed by atoms with E-state index in [9.17, 15) is 0 Å². The van der Waals surface area contributed by atoms with Crippen LogP contribution in [0.2, 0.25) is 0 Å². The van der Waals surface area contributed by atoms with Gasteiger partial charge < -0.3 is 4.74 Å². The Labute approximate surface area is 107 Å². The van der Waals surface area contributed by atoms with Crippen LogP contribution in [0.5, 0.6) is 0 Å². The van der Waals surface area contributed by atoms with Gasteiger partial charge >= 0.3 is 0 Å². The molecule has 0 amide bonds. The molecule has 0 spiro atoms. The summed E-state index contributed by atoms with van der Waals surface area (Å²) in [6.07, 6.45) is 16.0. The van der Waals surface area contributed by atoms with Gasteiger partial charge in [0.1, 0.15) is 0 Å². The first-order valence-corrected chi connectivity index (χ1v) is 7.94. The second-order valence-corrected chi connectivity index (χ2v) is 6.30. The highest BCUT2D eigenvalue weighted by molar-refractivity contribution is 4.91. The van der Waals surface area contributed by atoms with Crippen LogP contribution in [0.4, 0.5) is 0 Å². The topological polar surface area (TPSA) is 9.23 Å². The average molecular weight is 238 g/mol. The second kappa shape index (κ2) is 5.73. The van der Waals surface area contributed by atoms with Crippen molar-refractivity contribution >= 4 is 0 Å². The lowest BCUT2D eigenvalue weighted by molar-refractivity contribution is -0.187. The maximum Gasteiger partial charge on any atom is 0.0687 e. The van der Waals surface area contributed by atoms with Crippen LogP contribution in [0.1, 0.15) is 90.9 Å². The maximum absolute atomic E-state index is 6.81. The lowest BCUT2D eigenvalue weighted by atomic mass is 9.78. The molecule has 0 unspecified atom stereocenters. The van der Waals surface area contributed by atoms with E-state index in [1.54, 1.807) is 0 Å². The Morgan fingerprint density at radius 3 is 1.29 bits per heavy atom. The van der Waals surface area contributed by atoms with Crippen molar-refractivity contribution in [3.05, 3.63) is 0 Å². The van der Waals surface area contributed by atoms with Crippen LogP contribution in [0, 0.1) is 0 Å². The van der Waals surface area contributed by atoms with Crippen LogP contribution in [0.15, 0.2) is 0 Å². The molecule has 0 heterocycles. The van der Waals surface area contributed by atoms with Crippen molar-refractivity contribution in [2.24, 2.45) is 0 Å². The first-order chi connectivity index (χ1) is 8.24. The van der Waals surface area contributed by atoms with Gasteiger partial charge in [-0.1, -0.05) is 52.4 Å². The lowest BCUT2D eigenvalue weighted by Gasteiger charge is -2.47. The van der Waals surface area contributed by atoms with Crippen molar-refractivity contribution in [2.45, 2.75) is 102 Å². The van der Waals surface area contributed by atoms with Gasteiger partial charge in [0.2, 0.25) is 0 Å². The summed E-state index contributed by atoms with van der Waals surface area (Å²) in [7, 11) is 0. The molecule has 0 atom stereocenters. The third kappa shape index (κ3) is 3.05. The van der Waals surface area contributed by atoms with Crippen LogP contribution in [-0.4, -0.2) is 11.2 Å². The van der Waals surface area contributed by atoms with Crippen molar-refractivity contribution in [2.75, 3.05) is 0 Å². The zero-order valence-corrected chi connectivity index (χ0v) is 11.9. The van der Waals surface area contributed by atoms with E-state index >= 15 is 0 Å². The highest BCUT2D eigenvalue weighted by atomic mass is 16.5. The van der Waals surface area contributed by atoms with E-state index < -0.39 is 0 Å². The molecule has 1 heteroatoms. The molecular weight excluding hydrogens is 208 g/mol. The van der Waals surface area contributed by atoms with Crippen molar-refractivity contribution in [1.29, 1.82) is 0 Å². The molecule has 2 fully saturated rings. The molecule has 2 saturated carbocycles. The van der Waals surface area contributed by atoms with E-state index in [1.807, 2.05) is 0 Å². The van der Waals surface area contributed by atoms with Crippen LogP contribution in [0.25, 0.3) is 0 Å². The summed E-state index contributed by atoms with van der Waals surface area (Å²) in [6, 6.07) is 0. The van der Waals surface area contributed by atoms with E-state index in [4.69, 9.17) is 4.74 Å². The Kier molecular flexibility index (Phi) is 4.52. The highest BCUT2D eigenvalue weighted by Gasteiger charge is 2.41. The second-order valence-electron chi connectivity index (χ2n) is 6.30. The van der Waals surface area contributed by atoms with Crippen LogP contribution in [0.3, 0.4) is 0 Å². The van der Waals surface area contributed by atoms with Gasteiger partial charge in [0.05, 0.1) is 11.2 Å². The average Bonchev–Trinajstić information content (AvgIpc) is 2.41. The fourth-order valence-electron chi connectivity index (χ4n) is 3.91. The molecule has 0 N–H and O–H groups in total. The molecule has 2 aliphatic rings. The summed E-state index contributed by atoms with van der Waals surface area (Å²) in [6.45, 7) is 4.66. The third-order valence-corrected chi connectivity index (χ3v) is 5.25. The molecule has 0 bridgehead atoms. The molecule has 0 saturated heterocycles. The van der Waals surface area contributed by atoms with Crippen molar-refractivity contribution in [3.63, 3.8) is 0 Å². The SMILES string of the molecule is CCC1(OC2(CC)CCCCC2)CCCCC1. The minimum Gasteiger partial charge on any atom is -0.369 e. The van der Waals surface area contributed by atoms with E-state index in [0.717, 1.165) is 0 Å². The molecule has 1 nitrogen and oxygen atoms in total. The van der Waals surface area contributed by atoms with Gasteiger partial charge in [-0.3, -0.25) is 0 Å². The van der Waals surface area contributed by atoms with Crippen molar-refractivity contribution < 1.29 is 4.74 Å². The smallest absolute Gasteiger partial charge is 0.0687 e. The lowest BCUT2D eigenvalue weighted by Crippen LogP contribution is -2.46. The predicted octanol–water partition coefficient (Wildman–Crippen LogP) is 5.23. The Bertz CT molecular complexity index is 198. The fraction of sp³-hybridized carbons (Fsp3) is 1.00. The van der Waals surface area contributed by atoms with Crippen LogP contribution in [-0.2, 0) is 4.74 Å². The van der Waals surface area contributed by atoms with Gasteiger partial charge in [-0.15, -0.1) is 0 Å². The zero-order valence-electron chi connectivity index (χ0n) is 11.9. The molecular formula is C16H30O. The largest absolute Gasteiger partial charge is 0.369 e. The molecule has 17 heavy (non-hydrogen) atoms. The Morgan fingerprint density at radius 2 is 1.00 bits per heavy atom. The first-order valence-electron chi connectivity index (χ1n) is 7.94. The normalized spacial score (nSPS) is 27.9. The van der Waals surface area contributed by atoms with Gasteiger partial charge in [0, 0.05) is 0 Å². The molecule has 2 rings (SSSR count). The Balaban J connectivity index is 2.04. The predicted molar refractivity (Wildman–Crippen MR) is 73.3 cm³/mol. The Hall–Kier alpha value is -0.0400. The van der Waals surface area contributed by atoms with E-state index in [-0.39, 0.29) is 11.2 Å². The summed E-state index contributed by atoms with van der Waals surface area (Å²) < 4.78 is 6.81. The molecule has 2 aliphatic carbocycles. The number of ether oxygens (including phenoxy) is 1. The molecule has 0 aromatic rings. The van der Waals surface area contributed by atoms with Gasteiger partial charge in [-0.25, -0.2) is 0 Å². The maximum atomic E-state index is 6.81. The first kappa shape index (κ1) is 13.4. The molecule has 0 radical (unpaired) electrons. The number of rotatable bonds is 4. The van der Waals surface area contributed by atoms with Gasteiger partial charge in [-0.05, 0) is 38.5 Å². The summed E-state index contributed by atoms with van der Waals surface area (Å²) >= 11 is 0. The standard InChI is InChI=1S/C16H30O/c1-3-15(11-7-5-8-12-15)17-16(4-2)13-9-6-10-14-16/h3-14H2,1-2H3. The van der Waals surface area contributed by atoms with Gasteiger partial charge in [-0.2, -0.15) is 0 Å². The minimum absolute atomic E-state index is 0.242. The van der Waals surface area contributed by atoms with Gasteiger partial charge in [0.25, 0.3) is 0 Å². The van der Waals surface area contributed by atoms with Crippen LogP contribution >= 0.6 is 0 Å². The highest BCUT2D eigenvalue weighted by Crippen LogP contribution is 2.43. The van der Waals surface area contributed by atoms with Crippen molar-refractivity contribution in [1.82, 2.24) is 0 Å².